The Kier molecular flexibility index (Phi) is 6.01. The summed E-state index contributed by atoms with van der Waals surface area (Å²) in [4.78, 5) is 28.2. The predicted molar refractivity (Wildman–Crippen MR) is 121 cm³/mol. The molecule has 2 aromatic heterocycles. The molecular formula is C21H25N5OS2. The van der Waals surface area contributed by atoms with Gasteiger partial charge in [0.1, 0.15) is 16.1 Å². The Morgan fingerprint density at radius 2 is 2.17 bits per heavy atom. The van der Waals surface area contributed by atoms with Crippen molar-refractivity contribution in [2.45, 2.75) is 38.6 Å². The first kappa shape index (κ1) is 20.1. The van der Waals surface area contributed by atoms with Crippen LogP contribution in [0.5, 0.6) is 0 Å². The summed E-state index contributed by atoms with van der Waals surface area (Å²) in [7, 11) is 0. The fourth-order valence-electron chi connectivity index (χ4n) is 3.47. The molecule has 0 spiro atoms. The number of thiazole rings is 1. The quantitative estimate of drug-likeness (QED) is 0.471. The van der Waals surface area contributed by atoms with Crippen LogP contribution in [-0.4, -0.2) is 39.7 Å². The number of carbonyl (C=O) groups is 1. The largest absolute Gasteiger partial charge is 0.348 e. The number of fused-ring (bicyclic) bond motifs is 1. The zero-order chi connectivity index (χ0) is 20.4. The topological polar surface area (TPSA) is 71.0 Å². The Labute approximate surface area is 179 Å². The molecule has 1 aliphatic rings. The van der Waals surface area contributed by atoms with Gasteiger partial charge in [-0.3, -0.25) is 4.79 Å². The van der Waals surface area contributed by atoms with Crippen LogP contribution >= 0.6 is 23.1 Å². The van der Waals surface area contributed by atoms with Crippen molar-refractivity contribution in [1.82, 2.24) is 15.0 Å². The molecule has 1 aromatic carbocycles. The molecule has 0 saturated carbocycles. The van der Waals surface area contributed by atoms with Gasteiger partial charge in [0.15, 0.2) is 10.8 Å². The fraction of sp³-hybridized carbons (Fsp3) is 0.429. The first-order chi connectivity index (χ1) is 14.0. The minimum Gasteiger partial charge on any atom is -0.348 e. The summed E-state index contributed by atoms with van der Waals surface area (Å²) in [6.45, 7) is 8.47. The van der Waals surface area contributed by atoms with Crippen LogP contribution in [0.2, 0.25) is 0 Å². The van der Waals surface area contributed by atoms with E-state index in [4.69, 9.17) is 4.98 Å². The lowest BCUT2D eigenvalue weighted by molar-refractivity contribution is -0.113. The van der Waals surface area contributed by atoms with E-state index in [9.17, 15) is 4.79 Å². The number of hydrogen-bond acceptors (Lipinski definition) is 7. The maximum Gasteiger partial charge on any atom is 0.234 e. The van der Waals surface area contributed by atoms with Crippen molar-refractivity contribution in [3.05, 3.63) is 35.7 Å². The maximum absolute atomic E-state index is 12.4. The number of nitrogens with zero attached hydrogens (tertiary/aromatic N) is 4. The SMILES string of the molecule is Cc1ccc(NC(=O)CSc2ncnc3nc(N4CCCC(C)C4)sc23)cc1C. The number of piperidine rings is 1. The zero-order valence-electron chi connectivity index (χ0n) is 16.9. The Morgan fingerprint density at radius 1 is 1.31 bits per heavy atom. The highest BCUT2D eigenvalue weighted by molar-refractivity contribution is 8.00. The summed E-state index contributed by atoms with van der Waals surface area (Å²) in [5.41, 5.74) is 3.92. The molecule has 1 saturated heterocycles. The van der Waals surface area contributed by atoms with Gasteiger partial charge in [0.2, 0.25) is 5.91 Å². The Hall–Kier alpha value is -2.19. The molecule has 152 valence electrons. The Balaban J connectivity index is 1.44. The molecule has 1 unspecified atom stereocenters. The molecule has 1 N–H and O–H groups in total. The number of anilines is 2. The molecule has 0 aliphatic carbocycles. The van der Waals surface area contributed by atoms with E-state index in [1.165, 1.54) is 36.5 Å². The second kappa shape index (κ2) is 8.67. The van der Waals surface area contributed by atoms with Crippen LogP contribution in [0.25, 0.3) is 10.3 Å². The zero-order valence-corrected chi connectivity index (χ0v) is 18.6. The molecule has 3 heterocycles. The monoisotopic (exact) mass is 427 g/mol. The van der Waals surface area contributed by atoms with E-state index in [2.05, 4.69) is 34.0 Å². The molecule has 29 heavy (non-hydrogen) atoms. The lowest BCUT2D eigenvalue weighted by Crippen LogP contribution is -2.34. The van der Waals surface area contributed by atoms with E-state index in [-0.39, 0.29) is 5.91 Å². The summed E-state index contributed by atoms with van der Waals surface area (Å²) in [5, 5.41) is 4.79. The van der Waals surface area contributed by atoms with Gasteiger partial charge in [0.05, 0.1) is 5.75 Å². The minimum atomic E-state index is -0.0420. The highest BCUT2D eigenvalue weighted by Gasteiger charge is 2.21. The van der Waals surface area contributed by atoms with Crippen LogP contribution in [0.1, 0.15) is 30.9 Å². The number of aromatic nitrogens is 3. The van der Waals surface area contributed by atoms with Crippen molar-refractivity contribution < 1.29 is 4.79 Å². The number of rotatable bonds is 5. The van der Waals surface area contributed by atoms with Crippen LogP contribution < -0.4 is 10.2 Å². The van der Waals surface area contributed by atoms with E-state index in [1.807, 2.05) is 25.1 Å². The van der Waals surface area contributed by atoms with Crippen molar-refractivity contribution in [2.75, 3.05) is 29.1 Å². The molecule has 1 atom stereocenters. The minimum absolute atomic E-state index is 0.0420. The van der Waals surface area contributed by atoms with Crippen LogP contribution in [0.3, 0.4) is 0 Å². The van der Waals surface area contributed by atoms with Gasteiger partial charge >= 0.3 is 0 Å². The first-order valence-electron chi connectivity index (χ1n) is 9.86. The third-order valence-electron chi connectivity index (χ3n) is 5.21. The highest BCUT2D eigenvalue weighted by Crippen LogP contribution is 2.35. The van der Waals surface area contributed by atoms with Gasteiger partial charge in [-0.25, -0.2) is 9.97 Å². The van der Waals surface area contributed by atoms with Gasteiger partial charge < -0.3 is 10.2 Å². The van der Waals surface area contributed by atoms with Gasteiger partial charge in [-0.1, -0.05) is 36.1 Å². The van der Waals surface area contributed by atoms with Gasteiger partial charge in [-0.05, 0) is 55.9 Å². The molecule has 8 heteroatoms. The number of aryl methyl sites for hydroxylation is 2. The molecular weight excluding hydrogens is 402 g/mol. The van der Waals surface area contributed by atoms with E-state index in [1.54, 1.807) is 11.3 Å². The number of hydrogen-bond donors (Lipinski definition) is 1. The van der Waals surface area contributed by atoms with Crippen LogP contribution in [0, 0.1) is 19.8 Å². The smallest absolute Gasteiger partial charge is 0.234 e. The van der Waals surface area contributed by atoms with Gasteiger partial charge in [0, 0.05) is 18.8 Å². The molecule has 1 aliphatic heterocycles. The molecule has 4 rings (SSSR count). The van der Waals surface area contributed by atoms with Gasteiger partial charge in [-0.2, -0.15) is 4.98 Å². The second-order valence-electron chi connectivity index (χ2n) is 7.66. The Morgan fingerprint density at radius 3 is 2.97 bits per heavy atom. The van der Waals surface area contributed by atoms with Crippen molar-refractivity contribution in [3.8, 4) is 0 Å². The van der Waals surface area contributed by atoms with Gasteiger partial charge in [0.25, 0.3) is 0 Å². The van der Waals surface area contributed by atoms with Crippen LogP contribution in [0.4, 0.5) is 10.8 Å². The van der Waals surface area contributed by atoms with Crippen molar-refractivity contribution in [1.29, 1.82) is 0 Å². The summed E-state index contributed by atoms with van der Waals surface area (Å²) < 4.78 is 0.963. The summed E-state index contributed by atoms with van der Waals surface area (Å²) in [6, 6.07) is 5.95. The molecule has 6 nitrogen and oxygen atoms in total. The van der Waals surface area contributed by atoms with E-state index in [0.717, 1.165) is 44.8 Å². The number of nitrogens with one attached hydrogen (secondary N) is 1. The number of amides is 1. The highest BCUT2D eigenvalue weighted by atomic mass is 32.2. The third kappa shape index (κ3) is 4.70. The standard InChI is InChI=1S/C21H25N5OS2/c1-13-5-4-8-26(10-13)21-25-19-18(29-21)20(23-12-22-19)28-11-17(27)24-16-7-6-14(2)15(3)9-16/h6-7,9,12-13H,4-5,8,10-11H2,1-3H3,(H,24,27). The average molecular weight is 428 g/mol. The lowest BCUT2D eigenvalue weighted by atomic mass is 10.0. The lowest BCUT2D eigenvalue weighted by Gasteiger charge is -2.30. The van der Waals surface area contributed by atoms with E-state index >= 15 is 0 Å². The average Bonchev–Trinajstić information content (AvgIpc) is 3.14. The second-order valence-corrected chi connectivity index (χ2v) is 9.60. The summed E-state index contributed by atoms with van der Waals surface area (Å²) in [5.74, 6) is 0.942. The fourth-order valence-corrected chi connectivity index (χ4v) is 5.40. The summed E-state index contributed by atoms with van der Waals surface area (Å²) in [6.07, 6.45) is 4.01. The number of thioether (sulfide) groups is 1. The molecule has 3 aromatic rings. The summed E-state index contributed by atoms with van der Waals surface area (Å²) >= 11 is 3.06. The van der Waals surface area contributed by atoms with Crippen molar-refractivity contribution in [2.24, 2.45) is 5.92 Å². The van der Waals surface area contributed by atoms with Crippen molar-refractivity contribution in [3.63, 3.8) is 0 Å². The predicted octanol–water partition coefficient (Wildman–Crippen LogP) is 4.67. The maximum atomic E-state index is 12.4. The first-order valence-corrected chi connectivity index (χ1v) is 11.7. The van der Waals surface area contributed by atoms with Crippen molar-refractivity contribution >= 4 is 50.2 Å². The molecule has 1 amide bonds. The molecule has 1 fully saturated rings. The normalized spacial score (nSPS) is 16.9. The van der Waals surface area contributed by atoms with E-state index < -0.39 is 0 Å². The van der Waals surface area contributed by atoms with Crippen LogP contribution in [-0.2, 0) is 4.79 Å². The third-order valence-corrected chi connectivity index (χ3v) is 7.44. The molecule has 0 bridgehead atoms. The molecule has 0 radical (unpaired) electrons. The number of carbonyl (C=O) groups excluding carboxylic acids is 1. The Bertz CT molecular complexity index is 1040. The van der Waals surface area contributed by atoms with Gasteiger partial charge in [-0.15, -0.1) is 0 Å². The van der Waals surface area contributed by atoms with E-state index in [0.29, 0.717) is 11.7 Å². The van der Waals surface area contributed by atoms with Crippen LogP contribution in [0.15, 0.2) is 29.6 Å². The number of benzene rings is 1.